The summed E-state index contributed by atoms with van der Waals surface area (Å²) in [5, 5.41) is 2.89. The average molecular weight is 255 g/mol. The molecule has 0 radical (unpaired) electrons. The third kappa shape index (κ3) is 2.36. The van der Waals surface area contributed by atoms with E-state index in [9.17, 15) is 9.18 Å². The van der Waals surface area contributed by atoms with Gasteiger partial charge in [0.15, 0.2) is 0 Å². The van der Waals surface area contributed by atoms with Gasteiger partial charge in [-0.25, -0.2) is 4.39 Å². The lowest BCUT2D eigenvalue weighted by atomic mass is 9.93. The molecule has 0 unspecified atom stereocenters. The van der Waals surface area contributed by atoms with E-state index < -0.39 is 0 Å². The van der Waals surface area contributed by atoms with Gasteiger partial charge in [0.2, 0.25) is 5.91 Å². The molecule has 3 rings (SSSR count). The largest absolute Gasteiger partial charge is 0.325 e. The number of rotatable bonds is 1. The molecule has 1 heterocycles. The fraction of sp³-hybridized carbons (Fsp3) is 0.188. The molecule has 19 heavy (non-hydrogen) atoms. The minimum Gasteiger partial charge on any atom is -0.325 e. The molecule has 96 valence electrons. The number of halogens is 1. The Morgan fingerprint density at radius 2 is 1.89 bits per heavy atom. The number of nitrogens with one attached hydrogen (secondary N) is 1. The lowest BCUT2D eigenvalue weighted by Crippen LogP contribution is -2.19. The number of fused-ring (bicyclic) bond motifs is 1. The van der Waals surface area contributed by atoms with Gasteiger partial charge in [-0.1, -0.05) is 30.3 Å². The summed E-state index contributed by atoms with van der Waals surface area (Å²) in [4.78, 5) is 12.3. The molecule has 1 aliphatic rings. The molecule has 1 N–H and O–H groups in total. The van der Waals surface area contributed by atoms with Crippen LogP contribution in [0, 0.1) is 5.82 Å². The van der Waals surface area contributed by atoms with Crippen molar-refractivity contribution in [3.63, 3.8) is 0 Å². The van der Waals surface area contributed by atoms with Crippen LogP contribution in [-0.4, -0.2) is 5.91 Å². The highest BCUT2D eigenvalue weighted by molar-refractivity contribution is 5.97. The van der Waals surface area contributed by atoms with Gasteiger partial charge in [0.25, 0.3) is 0 Å². The predicted molar refractivity (Wildman–Crippen MR) is 72.5 cm³/mol. The van der Waals surface area contributed by atoms with Gasteiger partial charge in [-0.3, -0.25) is 4.79 Å². The normalized spacial score (nSPS) is 18.4. The Kier molecular flexibility index (Phi) is 3.03. The fourth-order valence-corrected chi connectivity index (χ4v) is 2.55. The highest BCUT2D eigenvalue weighted by Gasteiger charge is 2.24. The van der Waals surface area contributed by atoms with Crippen LogP contribution in [0.1, 0.15) is 23.5 Å². The minimum absolute atomic E-state index is 0.0171. The number of amides is 1. The Morgan fingerprint density at radius 1 is 1.11 bits per heavy atom. The Balaban J connectivity index is 1.92. The van der Waals surface area contributed by atoms with Crippen LogP contribution in [0.3, 0.4) is 0 Å². The first-order valence-electron chi connectivity index (χ1n) is 6.38. The monoisotopic (exact) mass is 255 g/mol. The van der Waals surface area contributed by atoms with Crippen molar-refractivity contribution < 1.29 is 9.18 Å². The van der Waals surface area contributed by atoms with Crippen LogP contribution in [-0.2, 0) is 11.2 Å². The molecular weight excluding hydrogens is 241 g/mol. The number of carbonyl (C=O) groups excluding carboxylic acids is 1. The zero-order valence-corrected chi connectivity index (χ0v) is 10.4. The van der Waals surface area contributed by atoms with Gasteiger partial charge < -0.3 is 5.32 Å². The summed E-state index contributed by atoms with van der Waals surface area (Å²) >= 11 is 0. The highest BCUT2D eigenvalue weighted by Crippen LogP contribution is 2.30. The van der Waals surface area contributed by atoms with E-state index in [1.165, 1.54) is 12.1 Å². The van der Waals surface area contributed by atoms with E-state index in [1.807, 2.05) is 30.3 Å². The quantitative estimate of drug-likeness (QED) is 0.830. The second kappa shape index (κ2) is 4.84. The van der Waals surface area contributed by atoms with Crippen LogP contribution in [0.5, 0.6) is 0 Å². The Morgan fingerprint density at radius 3 is 2.68 bits per heavy atom. The summed E-state index contributed by atoms with van der Waals surface area (Å²) in [5.74, 6) is -0.445. The summed E-state index contributed by atoms with van der Waals surface area (Å²) in [6, 6.07) is 14.2. The number of hydrogen-bond acceptors (Lipinski definition) is 1. The second-order valence-electron chi connectivity index (χ2n) is 4.79. The number of hydrogen-bond donors (Lipinski definition) is 1. The molecule has 0 aliphatic carbocycles. The van der Waals surface area contributed by atoms with Crippen molar-refractivity contribution in [2.45, 2.75) is 18.8 Å². The minimum atomic E-state index is -0.258. The molecule has 2 aromatic carbocycles. The molecule has 2 nitrogen and oxygen atoms in total. The van der Waals surface area contributed by atoms with Crippen molar-refractivity contribution in [1.29, 1.82) is 0 Å². The summed E-state index contributed by atoms with van der Waals surface area (Å²) in [5.41, 5.74) is 2.60. The standard InChI is InChI=1S/C16H14FNO/c17-13-7-9-15-12(10-13)6-8-14(16(19)18-15)11-4-2-1-3-5-11/h1-5,7,9-10,14H,6,8H2,(H,18,19)/t14-/m1/s1. The van der Waals surface area contributed by atoms with Gasteiger partial charge in [-0.15, -0.1) is 0 Å². The van der Waals surface area contributed by atoms with Crippen LogP contribution in [0.25, 0.3) is 0 Å². The molecule has 0 fully saturated rings. The zero-order chi connectivity index (χ0) is 13.2. The molecule has 3 heteroatoms. The van der Waals surface area contributed by atoms with E-state index in [2.05, 4.69) is 5.32 Å². The van der Waals surface area contributed by atoms with Gasteiger partial charge in [-0.2, -0.15) is 0 Å². The van der Waals surface area contributed by atoms with Crippen molar-refractivity contribution in [3.05, 3.63) is 65.5 Å². The van der Waals surface area contributed by atoms with Gasteiger partial charge in [-0.05, 0) is 42.2 Å². The van der Waals surface area contributed by atoms with Crippen molar-refractivity contribution in [3.8, 4) is 0 Å². The van der Waals surface area contributed by atoms with Gasteiger partial charge in [0.1, 0.15) is 5.82 Å². The molecule has 0 saturated heterocycles. The molecular formula is C16H14FNO. The van der Waals surface area contributed by atoms with Crippen molar-refractivity contribution in [2.75, 3.05) is 5.32 Å². The maximum absolute atomic E-state index is 13.2. The molecule has 1 aliphatic heterocycles. The molecule has 0 aromatic heterocycles. The Bertz CT molecular complexity index is 609. The first kappa shape index (κ1) is 11.9. The summed E-state index contributed by atoms with van der Waals surface area (Å²) in [6.45, 7) is 0. The number of aryl methyl sites for hydroxylation is 1. The molecule has 0 saturated carbocycles. The van der Waals surface area contributed by atoms with Crippen LogP contribution in [0.2, 0.25) is 0 Å². The van der Waals surface area contributed by atoms with Crippen LogP contribution in [0.4, 0.5) is 10.1 Å². The molecule has 0 bridgehead atoms. The first-order chi connectivity index (χ1) is 9.24. The van der Waals surface area contributed by atoms with Crippen LogP contribution >= 0.6 is 0 Å². The van der Waals surface area contributed by atoms with Crippen molar-refractivity contribution in [2.24, 2.45) is 0 Å². The summed E-state index contributed by atoms with van der Waals surface area (Å²) < 4.78 is 13.2. The van der Waals surface area contributed by atoms with E-state index in [-0.39, 0.29) is 17.6 Å². The van der Waals surface area contributed by atoms with Gasteiger partial charge >= 0.3 is 0 Å². The van der Waals surface area contributed by atoms with Gasteiger partial charge in [0, 0.05) is 5.69 Å². The lowest BCUT2D eigenvalue weighted by molar-refractivity contribution is -0.117. The van der Waals surface area contributed by atoms with Crippen molar-refractivity contribution >= 4 is 11.6 Å². The second-order valence-corrected chi connectivity index (χ2v) is 4.79. The Hall–Kier alpha value is -2.16. The third-order valence-corrected chi connectivity index (χ3v) is 3.55. The van der Waals surface area contributed by atoms with E-state index in [1.54, 1.807) is 6.07 Å². The van der Waals surface area contributed by atoms with Crippen molar-refractivity contribution in [1.82, 2.24) is 0 Å². The van der Waals surface area contributed by atoms with E-state index in [0.717, 1.165) is 16.8 Å². The third-order valence-electron chi connectivity index (χ3n) is 3.55. The SMILES string of the molecule is O=C1Nc2ccc(F)cc2CC[C@@H]1c1ccccc1. The maximum atomic E-state index is 13.2. The first-order valence-corrected chi connectivity index (χ1v) is 6.38. The number of carbonyl (C=O) groups is 1. The van der Waals surface area contributed by atoms with E-state index in [4.69, 9.17) is 0 Å². The predicted octanol–water partition coefficient (Wildman–Crippen LogP) is 3.49. The smallest absolute Gasteiger partial charge is 0.231 e. The highest BCUT2D eigenvalue weighted by atomic mass is 19.1. The Labute approximate surface area is 111 Å². The van der Waals surface area contributed by atoms with Crippen LogP contribution in [0.15, 0.2) is 48.5 Å². The van der Waals surface area contributed by atoms with Crippen LogP contribution < -0.4 is 5.32 Å². The fourth-order valence-electron chi connectivity index (χ4n) is 2.55. The van der Waals surface area contributed by atoms with Gasteiger partial charge in [0.05, 0.1) is 5.92 Å². The summed E-state index contributed by atoms with van der Waals surface area (Å²) in [6.07, 6.45) is 1.40. The maximum Gasteiger partial charge on any atom is 0.231 e. The van der Waals surface area contributed by atoms with E-state index in [0.29, 0.717) is 12.8 Å². The number of anilines is 1. The molecule has 1 amide bonds. The summed E-state index contributed by atoms with van der Waals surface area (Å²) in [7, 11) is 0. The molecule has 1 atom stereocenters. The molecule has 0 spiro atoms. The topological polar surface area (TPSA) is 29.1 Å². The zero-order valence-electron chi connectivity index (χ0n) is 10.4. The van der Waals surface area contributed by atoms with E-state index >= 15 is 0 Å². The average Bonchev–Trinajstić information content (AvgIpc) is 2.58. The molecule has 2 aromatic rings. The lowest BCUT2D eigenvalue weighted by Gasteiger charge is -2.13. The number of benzene rings is 2.